The highest BCUT2D eigenvalue weighted by Crippen LogP contribution is 2.11. The van der Waals surface area contributed by atoms with E-state index in [1.54, 1.807) is 24.3 Å². The van der Waals surface area contributed by atoms with Gasteiger partial charge in [0, 0.05) is 12.2 Å². The highest BCUT2D eigenvalue weighted by atomic mass is 16.5. The van der Waals surface area contributed by atoms with Gasteiger partial charge in [-0.2, -0.15) is 0 Å². The molecule has 0 amide bonds. The predicted molar refractivity (Wildman–Crippen MR) is 111 cm³/mol. The third kappa shape index (κ3) is 14.3. The summed E-state index contributed by atoms with van der Waals surface area (Å²) in [4.78, 5) is 10.6. The second kappa shape index (κ2) is 18.0. The highest BCUT2D eigenvalue weighted by molar-refractivity contribution is 5.74. The second-order valence-corrected chi connectivity index (χ2v) is 6.94. The first-order valence-electron chi connectivity index (χ1n) is 10.7. The Morgan fingerprint density at radius 1 is 0.667 bits per heavy atom. The van der Waals surface area contributed by atoms with Gasteiger partial charge in [-0.15, -0.1) is 0 Å². The van der Waals surface area contributed by atoms with Crippen molar-refractivity contribution in [2.75, 3.05) is 33.0 Å². The first kappa shape index (κ1) is 23.6. The van der Waals surface area contributed by atoms with Gasteiger partial charge in [-0.25, -0.2) is 0 Å². The van der Waals surface area contributed by atoms with Gasteiger partial charge in [0.1, 0.15) is 18.6 Å². The van der Waals surface area contributed by atoms with E-state index in [0.29, 0.717) is 32.0 Å². The Balaban J connectivity index is 1.76. The molecular weight excluding hydrogens is 340 g/mol. The molecule has 0 saturated heterocycles. The van der Waals surface area contributed by atoms with E-state index in [1.807, 2.05) is 0 Å². The fourth-order valence-electron chi connectivity index (χ4n) is 2.87. The lowest BCUT2D eigenvalue weighted by atomic mass is 10.1. The SMILES string of the molecule is CCCCCCCCCCCCOCCOCCOc1ccc(C=O)cc1. The standard InChI is InChI=1S/C23H38O4/c1-2-3-4-5-6-7-8-9-10-11-16-25-17-18-26-19-20-27-23-14-12-22(21-24)13-15-23/h12-15,21H,2-11,16-20H2,1H3. The van der Waals surface area contributed by atoms with E-state index in [9.17, 15) is 4.79 Å². The zero-order chi connectivity index (χ0) is 19.4. The van der Waals surface area contributed by atoms with Crippen LogP contribution in [0, 0.1) is 0 Å². The van der Waals surface area contributed by atoms with Crippen molar-refractivity contribution in [3.63, 3.8) is 0 Å². The molecule has 4 nitrogen and oxygen atoms in total. The summed E-state index contributed by atoms with van der Waals surface area (Å²) >= 11 is 0. The third-order valence-electron chi connectivity index (χ3n) is 4.53. The van der Waals surface area contributed by atoms with Crippen LogP contribution in [0.3, 0.4) is 0 Å². The third-order valence-corrected chi connectivity index (χ3v) is 4.53. The fourth-order valence-corrected chi connectivity index (χ4v) is 2.87. The van der Waals surface area contributed by atoms with Gasteiger partial charge in [0.2, 0.25) is 0 Å². The Bertz CT molecular complexity index is 444. The Kier molecular flexibility index (Phi) is 15.8. The Morgan fingerprint density at radius 2 is 1.19 bits per heavy atom. The van der Waals surface area contributed by atoms with Gasteiger partial charge in [0.25, 0.3) is 0 Å². The lowest BCUT2D eigenvalue weighted by Gasteiger charge is -2.08. The Morgan fingerprint density at radius 3 is 1.78 bits per heavy atom. The van der Waals surface area contributed by atoms with Crippen LogP contribution in [-0.2, 0) is 9.47 Å². The molecule has 0 heterocycles. The van der Waals surface area contributed by atoms with Crippen LogP contribution in [0.2, 0.25) is 0 Å². The average Bonchev–Trinajstić information content (AvgIpc) is 2.70. The van der Waals surface area contributed by atoms with Crippen molar-refractivity contribution in [2.24, 2.45) is 0 Å². The molecule has 154 valence electrons. The van der Waals surface area contributed by atoms with Crippen LogP contribution in [-0.4, -0.2) is 39.3 Å². The second-order valence-electron chi connectivity index (χ2n) is 6.94. The molecule has 0 saturated carbocycles. The molecule has 1 rings (SSSR count). The van der Waals surface area contributed by atoms with Crippen molar-refractivity contribution >= 4 is 6.29 Å². The number of carbonyl (C=O) groups excluding carboxylic acids is 1. The molecule has 0 aliphatic heterocycles. The molecule has 0 bridgehead atoms. The van der Waals surface area contributed by atoms with Crippen molar-refractivity contribution in [1.29, 1.82) is 0 Å². The lowest BCUT2D eigenvalue weighted by Crippen LogP contribution is -2.11. The summed E-state index contributed by atoms with van der Waals surface area (Å²) in [6, 6.07) is 7.06. The van der Waals surface area contributed by atoms with Crippen molar-refractivity contribution in [1.82, 2.24) is 0 Å². The minimum Gasteiger partial charge on any atom is -0.491 e. The molecule has 0 aliphatic carbocycles. The number of carbonyl (C=O) groups is 1. The number of rotatable bonds is 19. The summed E-state index contributed by atoms with van der Waals surface area (Å²) in [5.74, 6) is 0.751. The minimum atomic E-state index is 0.499. The monoisotopic (exact) mass is 378 g/mol. The topological polar surface area (TPSA) is 44.8 Å². The molecule has 27 heavy (non-hydrogen) atoms. The first-order chi connectivity index (χ1) is 13.4. The Labute approximate surface area is 165 Å². The van der Waals surface area contributed by atoms with E-state index >= 15 is 0 Å². The van der Waals surface area contributed by atoms with Gasteiger partial charge in [-0.1, -0.05) is 64.7 Å². The lowest BCUT2D eigenvalue weighted by molar-refractivity contribution is 0.0352. The summed E-state index contributed by atoms with van der Waals surface area (Å²) in [5, 5.41) is 0. The fraction of sp³-hybridized carbons (Fsp3) is 0.696. The van der Waals surface area contributed by atoms with Gasteiger partial charge >= 0.3 is 0 Å². The van der Waals surface area contributed by atoms with Crippen molar-refractivity contribution < 1.29 is 19.0 Å². The van der Waals surface area contributed by atoms with Gasteiger partial charge in [-0.05, 0) is 30.7 Å². The summed E-state index contributed by atoms with van der Waals surface area (Å²) in [5.41, 5.74) is 0.651. The molecule has 0 aliphatic rings. The smallest absolute Gasteiger partial charge is 0.150 e. The minimum absolute atomic E-state index is 0.499. The van der Waals surface area contributed by atoms with Gasteiger partial charge in [-0.3, -0.25) is 4.79 Å². The summed E-state index contributed by atoms with van der Waals surface area (Å²) in [6.07, 6.45) is 14.3. The molecule has 0 N–H and O–H groups in total. The molecule has 4 heteroatoms. The van der Waals surface area contributed by atoms with Crippen LogP contribution in [0.25, 0.3) is 0 Å². The molecule has 0 radical (unpaired) electrons. The quantitative estimate of drug-likeness (QED) is 0.224. The molecule has 0 spiro atoms. The number of unbranched alkanes of at least 4 members (excludes halogenated alkanes) is 9. The molecule has 1 aromatic carbocycles. The van der Waals surface area contributed by atoms with E-state index in [0.717, 1.165) is 25.1 Å². The number of benzene rings is 1. The van der Waals surface area contributed by atoms with Crippen LogP contribution >= 0.6 is 0 Å². The normalized spacial score (nSPS) is 10.9. The predicted octanol–water partition coefficient (Wildman–Crippen LogP) is 5.83. The maximum absolute atomic E-state index is 10.6. The van der Waals surface area contributed by atoms with Gasteiger partial charge in [0.05, 0.1) is 19.8 Å². The molecule has 0 aromatic heterocycles. The van der Waals surface area contributed by atoms with Gasteiger partial charge < -0.3 is 14.2 Å². The van der Waals surface area contributed by atoms with Crippen molar-refractivity contribution in [2.45, 2.75) is 71.1 Å². The number of hydrogen-bond acceptors (Lipinski definition) is 4. The van der Waals surface area contributed by atoms with Gasteiger partial charge in [0.15, 0.2) is 0 Å². The van der Waals surface area contributed by atoms with E-state index in [1.165, 1.54) is 57.8 Å². The van der Waals surface area contributed by atoms with E-state index in [4.69, 9.17) is 14.2 Å². The largest absolute Gasteiger partial charge is 0.491 e. The molecule has 0 atom stereocenters. The summed E-state index contributed by atoms with van der Waals surface area (Å²) in [6.45, 7) is 5.38. The highest BCUT2D eigenvalue weighted by Gasteiger charge is 1.96. The first-order valence-corrected chi connectivity index (χ1v) is 10.7. The van der Waals surface area contributed by atoms with Crippen molar-refractivity contribution in [3.05, 3.63) is 29.8 Å². The molecule has 1 aromatic rings. The van der Waals surface area contributed by atoms with Crippen LogP contribution in [0.4, 0.5) is 0 Å². The summed E-state index contributed by atoms with van der Waals surface area (Å²) < 4.78 is 16.6. The zero-order valence-electron chi connectivity index (χ0n) is 17.1. The van der Waals surface area contributed by atoms with E-state index in [-0.39, 0.29) is 0 Å². The van der Waals surface area contributed by atoms with E-state index < -0.39 is 0 Å². The number of aldehydes is 1. The van der Waals surface area contributed by atoms with Crippen LogP contribution < -0.4 is 4.74 Å². The molecule has 0 fully saturated rings. The molecule has 0 unspecified atom stereocenters. The van der Waals surface area contributed by atoms with Crippen molar-refractivity contribution in [3.8, 4) is 5.75 Å². The van der Waals surface area contributed by atoms with E-state index in [2.05, 4.69) is 6.92 Å². The van der Waals surface area contributed by atoms with Crippen LogP contribution in [0.1, 0.15) is 81.5 Å². The van der Waals surface area contributed by atoms with Crippen LogP contribution in [0.15, 0.2) is 24.3 Å². The Hall–Kier alpha value is -1.39. The van der Waals surface area contributed by atoms with Crippen LogP contribution in [0.5, 0.6) is 5.75 Å². The zero-order valence-corrected chi connectivity index (χ0v) is 17.1. The number of ether oxygens (including phenoxy) is 3. The number of hydrogen-bond donors (Lipinski definition) is 0. The maximum Gasteiger partial charge on any atom is 0.150 e. The maximum atomic E-state index is 10.6. The average molecular weight is 379 g/mol. The summed E-state index contributed by atoms with van der Waals surface area (Å²) in [7, 11) is 0. The molecular formula is C23H38O4.